The predicted octanol–water partition coefficient (Wildman–Crippen LogP) is 0.690. The van der Waals surface area contributed by atoms with Gasteiger partial charge in [-0.05, 0) is 18.6 Å². The molecule has 1 aromatic carbocycles. The van der Waals surface area contributed by atoms with Crippen molar-refractivity contribution < 1.29 is 17.7 Å². The maximum absolute atomic E-state index is 13.4. The Kier molecular flexibility index (Phi) is 2.73. The summed E-state index contributed by atoms with van der Waals surface area (Å²) in [6.45, 7) is 1.29. The quantitative estimate of drug-likeness (QED) is 0.600. The van der Waals surface area contributed by atoms with E-state index in [0.29, 0.717) is 0 Å². The normalized spacial score (nSPS) is 11.4. The number of nitro groups is 1. The average molecular weight is 234 g/mol. The van der Waals surface area contributed by atoms with Gasteiger partial charge in [-0.25, -0.2) is 17.9 Å². The first-order valence-corrected chi connectivity index (χ1v) is 5.26. The van der Waals surface area contributed by atoms with Crippen molar-refractivity contribution in [3.63, 3.8) is 0 Å². The number of hydrogen-bond acceptors (Lipinski definition) is 4. The van der Waals surface area contributed by atoms with Crippen LogP contribution in [0.5, 0.6) is 0 Å². The van der Waals surface area contributed by atoms with E-state index in [1.807, 2.05) is 0 Å². The highest BCUT2D eigenvalue weighted by Gasteiger charge is 2.28. The number of nitrogens with two attached hydrogens (primary N) is 1. The highest BCUT2D eigenvalue weighted by atomic mass is 32.2. The lowest BCUT2D eigenvalue weighted by Crippen LogP contribution is -2.16. The summed E-state index contributed by atoms with van der Waals surface area (Å²) in [6, 6.07) is 2.01. The minimum atomic E-state index is -4.45. The van der Waals surface area contributed by atoms with Crippen molar-refractivity contribution in [2.75, 3.05) is 0 Å². The van der Waals surface area contributed by atoms with Crippen LogP contribution >= 0.6 is 0 Å². The number of aryl methyl sites for hydroxylation is 1. The number of halogens is 1. The molecule has 0 aromatic heterocycles. The van der Waals surface area contributed by atoms with Gasteiger partial charge in [0, 0.05) is 6.07 Å². The van der Waals surface area contributed by atoms with Crippen molar-refractivity contribution in [1.29, 1.82) is 0 Å². The van der Waals surface area contributed by atoms with Gasteiger partial charge in [0.1, 0.15) is 0 Å². The Morgan fingerprint density at radius 1 is 1.47 bits per heavy atom. The van der Waals surface area contributed by atoms with Gasteiger partial charge < -0.3 is 0 Å². The molecule has 0 saturated heterocycles. The molecule has 0 bridgehead atoms. The molecule has 0 heterocycles. The standard InChI is InChI=1S/C7H7FN2O4S/c1-4-2-3-5(10(11)12)7(6(4)8)15(9,13)14/h2-3H,1H3,(H2,9,13,14). The van der Waals surface area contributed by atoms with Crippen LogP contribution in [0.2, 0.25) is 0 Å². The molecule has 0 aliphatic heterocycles. The number of benzene rings is 1. The van der Waals surface area contributed by atoms with E-state index in [1.54, 1.807) is 0 Å². The van der Waals surface area contributed by atoms with E-state index in [4.69, 9.17) is 5.14 Å². The van der Waals surface area contributed by atoms with Gasteiger partial charge in [0.2, 0.25) is 10.0 Å². The van der Waals surface area contributed by atoms with Crippen molar-refractivity contribution in [3.05, 3.63) is 33.6 Å². The minimum Gasteiger partial charge on any atom is -0.258 e. The largest absolute Gasteiger partial charge is 0.292 e. The first kappa shape index (κ1) is 11.5. The molecule has 0 spiro atoms. The van der Waals surface area contributed by atoms with Gasteiger partial charge in [-0.1, -0.05) is 0 Å². The lowest BCUT2D eigenvalue weighted by atomic mass is 10.2. The summed E-state index contributed by atoms with van der Waals surface area (Å²) in [5.41, 5.74) is -0.884. The summed E-state index contributed by atoms with van der Waals surface area (Å²) in [7, 11) is -4.45. The zero-order valence-corrected chi connectivity index (χ0v) is 8.41. The SMILES string of the molecule is Cc1ccc([N+](=O)[O-])c(S(N)(=O)=O)c1F. The van der Waals surface area contributed by atoms with Crippen LogP contribution in [0.3, 0.4) is 0 Å². The summed E-state index contributed by atoms with van der Waals surface area (Å²) in [5, 5.41) is 15.1. The molecule has 82 valence electrons. The highest BCUT2D eigenvalue weighted by molar-refractivity contribution is 7.89. The third kappa shape index (κ3) is 2.10. The third-order valence-corrected chi connectivity index (χ3v) is 2.71. The Bertz CT molecular complexity index is 526. The monoisotopic (exact) mass is 234 g/mol. The van der Waals surface area contributed by atoms with Crippen molar-refractivity contribution in [1.82, 2.24) is 0 Å². The molecule has 0 atom stereocenters. The van der Waals surface area contributed by atoms with Crippen molar-refractivity contribution in [3.8, 4) is 0 Å². The molecular formula is C7H7FN2O4S. The Morgan fingerprint density at radius 3 is 2.40 bits per heavy atom. The average Bonchev–Trinajstić information content (AvgIpc) is 2.06. The van der Waals surface area contributed by atoms with E-state index in [0.717, 1.165) is 12.1 Å². The summed E-state index contributed by atoms with van der Waals surface area (Å²) < 4.78 is 35.3. The van der Waals surface area contributed by atoms with E-state index < -0.39 is 31.3 Å². The molecule has 0 aliphatic rings. The first-order chi connectivity index (χ1) is 6.75. The van der Waals surface area contributed by atoms with Gasteiger partial charge in [0.05, 0.1) is 4.92 Å². The van der Waals surface area contributed by atoms with Gasteiger partial charge in [-0.3, -0.25) is 10.1 Å². The summed E-state index contributed by atoms with van der Waals surface area (Å²) in [5.74, 6) is -1.19. The number of nitrogens with zero attached hydrogens (tertiary/aromatic N) is 1. The number of hydrogen-bond donors (Lipinski definition) is 1. The van der Waals surface area contributed by atoms with Gasteiger partial charge in [-0.2, -0.15) is 0 Å². The molecule has 15 heavy (non-hydrogen) atoms. The highest BCUT2D eigenvalue weighted by Crippen LogP contribution is 2.27. The molecule has 1 aromatic rings. The number of primary sulfonamides is 1. The van der Waals surface area contributed by atoms with Crippen molar-refractivity contribution in [2.45, 2.75) is 11.8 Å². The number of nitro benzene ring substituents is 1. The summed E-state index contributed by atoms with van der Waals surface area (Å²) in [4.78, 5) is 8.38. The molecule has 0 aliphatic carbocycles. The van der Waals surface area contributed by atoms with Gasteiger partial charge >= 0.3 is 0 Å². The zero-order valence-electron chi connectivity index (χ0n) is 7.60. The fourth-order valence-electron chi connectivity index (χ4n) is 1.06. The lowest BCUT2D eigenvalue weighted by Gasteiger charge is -2.03. The van der Waals surface area contributed by atoms with Gasteiger partial charge in [0.15, 0.2) is 10.7 Å². The van der Waals surface area contributed by atoms with E-state index in [2.05, 4.69) is 0 Å². The Labute approximate surface area is 84.7 Å². The Morgan fingerprint density at radius 2 is 2.00 bits per heavy atom. The predicted molar refractivity (Wildman–Crippen MR) is 49.2 cm³/mol. The summed E-state index contributed by atoms with van der Waals surface area (Å²) in [6.07, 6.45) is 0. The maximum Gasteiger partial charge on any atom is 0.292 e. The molecule has 8 heteroatoms. The topological polar surface area (TPSA) is 103 Å². The molecule has 0 saturated carbocycles. The molecule has 0 fully saturated rings. The third-order valence-electron chi connectivity index (χ3n) is 1.75. The van der Waals surface area contributed by atoms with Crippen LogP contribution in [0.15, 0.2) is 17.0 Å². The second kappa shape index (κ2) is 3.55. The van der Waals surface area contributed by atoms with Crippen molar-refractivity contribution in [2.24, 2.45) is 5.14 Å². The van der Waals surface area contributed by atoms with E-state index in [1.165, 1.54) is 6.92 Å². The van der Waals surface area contributed by atoms with Crippen LogP contribution in [0, 0.1) is 22.9 Å². The van der Waals surface area contributed by atoms with Crippen LogP contribution in [-0.2, 0) is 10.0 Å². The van der Waals surface area contributed by atoms with Gasteiger partial charge in [-0.15, -0.1) is 0 Å². The fraction of sp³-hybridized carbons (Fsp3) is 0.143. The molecular weight excluding hydrogens is 227 g/mol. The number of sulfonamides is 1. The molecule has 0 unspecified atom stereocenters. The van der Waals surface area contributed by atoms with Crippen LogP contribution in [0.25, 0.3) is 0 Å². The first-order valence-electron chi connectivity index (χ1n) is 3.71. The van der Waals surface area contributed by atoms with Crippen LogP contribution in [-0.4, -0.2) is 13.3 Å². The minimum absolute atomic E-state index is 0.0235. The van der Waals surface area contributed by atoms with Crippen LogP contribution < -0.4 is 5.14 Å². The second-order valence-corrected chi connectivity index (χ2v) is 4.35. The smallest absolute Gasteiger partial charge is 0.258 e. The molecule has 0 radical (unpaired) electrons. The van der Waals surface area contributed by atoms with Crippen LogP contribution in [0.4, 0.5) is 10.1 Å². The molecule has 2 N–H and O–H groups in total. The van der Waals surface area contributed by atoms with E-state index in [9.17, 15) is 22.9 Å². The molecule has 6 nitrogen and oxygen atoms in total. The van der Waals surface area contributed by atoms with Gasteiger partial charge in [0.25, 0.3) is 5.69 Å². The maximum atomic E-state index is 13.4. The molecule has 1 rings (SSSR count). The van der Waals surface area contributed by atoms with Crippen LogP contribution in [0.1, 0.15) is 5.56 Å². The second-order valence-electron chi connectivity index (χ2n) is 2.85. The Hall–Kier alpha value is -1.54. The lowest BCUT2D eigenvalue weighted by molar-refractivity contribution is -0.388. The van der Waals surface area contributed by atoms with E-state index >= 15 is 0 Å². The van der Waals surface area contributed by atoms with Crippen molar-refractivity contribution >= 4 is 15.7 Å². The summed E-state index contributed by atoms with van der Waals surface area (Å²) >= 11 is 0. The fourth-order valence-corrected chi connectivity index (χ4v) is 1.90. The Balaban J connectivity index is 3.72. The zero-order chi connectivity index (χ0) is 11.8. The van der Waals surface area contributed by atoms with E-state index in [-0.39, 0.29) is 5.56 Å². The molecule has 0 amide bonds. The number of rotatable bonds is 2.